The number of nitrogens with one attached hydrogen (secondary N) is 1. The maximum absolute atomic E-state index is 13.4. The van der Waals surface area contributed by atoms with Crippen LogP contribution in [-0.4, -0.2) is 14.3 Å². The van der Waals surface area contributed by atoms with Gasteiger partial charge in [-0.3, -0.25) is 4.79 Å². The number of hydrogen-bond donors (Lipinski definition) is 2. The normalized spacial score (nSPS) is 11.2. The van der Waals surface area contributed by atoms with Gasteiger partial charge in [0.2, 0.25) is 10.0 Å². The SMILES string of the molecule is Cc1ccc(C(=O)Nc2ccc(S(N)(=O)=O)cc2)cc1F. The van der Waals surface area contributed by atoms with Gasteiger partial charge in [0.1, 0.15) is 5.82 Å². The first kappa shape index (κ1) is 15.1. The van der Waals surface area contributed by atoms with Crippen molar-refractivity contribution < 1.29 is 17.6 Å². The lowest BCUT2D eigenvalue weighted by atomic mass is 10.1. The minimum Gasteiger partial charge on any atom is -0.322 e. The molecule has 110 valence electrons. The largest absolute Gasteiger partial charge is 0.322 e. The number of nitrogens with two attached hydrogens (primary N) is 1. The highest BCUT2D eigenvalue weighted by atomic mass is 32.2. The summed E-state index contributed by atoms with van der Waals surface area (Å²) in [7, 11) is -3.77. The number of carbonyl (C=O) groups is 1. The fraction of sp³-hybridized carbons (Fsp3) is 0.0714. The number of anilines is 1. The number of benzene rings is 2. The molecule has 2 aromatic carbocycles. The van der Waals surface area contributed by atoms with Gasteiger partial charge in [-0.1, -0.05) is 6.07 Å². The van der Waals surface area contributed by atoms with E-state index in [1.165, 1.54) is 36.4 Å². The van der Waals surface area contributed by atoms with E-state index in [0.717, 1.165) is 6.07 Å². The van der Waals surface area contributed by atoms with E-state index >= 15 is 0 Å². The third kappa shape index (κ3) is 3.65. The van der Waals surface area contributed by atoms with Crippen LogP contribution in [0, 0.1) is 12.7 Å². The molecule has 0 saturated carbocycles. The van der Waals surface area contributed by atoms with Crippen LogP contribution < -0.4 is 10.5 Å². The maximum atomic E-state index is 13.4. The number of carbonyl (C=O) groups excluding carboxylic acids is 1. The highest BCUT2D eigenvalue weighted by molar-refractivity contribution is 7.89. The summed E-state index contributed by atoms with van der Waals surface area (Å²) < 4.78 is 35.6. The van der Waals surface area contributed by atoms with Gasteiger partial charge >= 0.3 is 0 Å². The molecule has 0 heterocycles. The quantitative estimate of drug-likeness (QED) is 0.909. The predicted molar refractivity (Wildman–Crippen MR) is 76.9 cm³/mol. The van der Waals surface area contributed by atoms with Crippen molar-refractivity contribution in [3.8, 4) is 0 Å². The Morgan fingerprint density at radius 1 is 1.14 bits per heavy atom. The Balaban J connectivity index is 2.18. The van der Waals surface area contributed by atoms with Crippen molar-refractivity contribution in [1.82, 2.24) is 0 Å². The highest BCUT2D eigenvalue weighted by Gasteiger charge is 2.10. The molecule has 0 radical (unpaired) electrons. The molecule has 0 aromatic heterocycles. The Hall–Kier alpha value is -2.25. The van der Waals surface area contributed by atoms with Crippen molar-refractivity contribution in [2.45, 2.75) is 11.8 Å². The molecule has 7 heteroatoms. The molecule has 0 atom stereocenters. The van der Waals surface area contributed by atoms with Crippen LogP contribution in [0.1, 0.15) is 15.9 Å². The Kier molecular flexibility index (Phi) is 4.06. The molecule has 2 rings (SSSR count). The van der Waals surface area contributed by atoms with E-state index < -0.39 is 21.7 Å². The average molecular weight is 308 g/mol. The molecule has 2 aromatic rings. The topological polar surface area (TPSA) is 89.3 Å². The molecule has 21 heavy (non-hydrogen) atoms. The summed E-state index contributed by atoms with van der Waals surface area (Å²) in [6.07, 6.45) is 0. The number of primary sulfonamides is 1. The van der Waals surface area contributed by atoms with Gasteiger partial charge < -0.3 is 5.32 Å². The number of amides is 1. The number of hydrogen-bond acceptors (Lipinski definition) is 3. The minimum absolute atomic E-state index is 0.0538. The summed E-state index contributed by atoms with van der Waals surface area (Å²) >= 11 is 0. The molecule has 0 aliphatic carbocycles. The van der Waals surface area contributed by atoms with Crippen LogP contribution in [0.15, 0.2) is 47.4 Å². The zero-order valence-corrected chi connectivity index (χ0v) is 11.9. The molecular formula is C14H13FN2O3S. The third-order valence-electron chi connectivity index (χ3n) is 2.87. The monoisotopic (exact) mass is 308 g/mol. The first-order chi connectivity index (χ1) is 9.77. The van der Waals surface area contributed by atoms with Gasteiger partial charge in [0.05, 0.1) is 4.90 Å². The second-order valence-electron chi connectivity index (χ2n) is 4.49. The van der Waals surface area contributed by atoms with Crippen LogP contribution in [0.25, 0.3) is 0 Å². The molecule has 0 spiro atoms. The van der Waals surface area contributed by atoms with Gasteiger partial charge in [-0.25, -0.2) is 17.9 Å². The second-order valence-corrected chi connectivity index (χ2v) is 6.05. The van der Waals surface area contributed by atoms with Crippen LogP contribution in [0.5, 0.6) is 0 Å². The third-order valence-corrected chi connectivity index (χ3v) is 3.80. The van der Waals surface area contributed by atoms with E-state index in [4.69, 9.17) is 5.14 Å². The van der Waals surface area contributed by atoms with Crippen LogP contribution in [-0.2, 0) is 10.0 Å². The van der Waals surface area contributed by atoms with E-state index in [9.17, 15) is 17.6 Å². The van der Waals surface area contributed by atoms with E-state index in [1.54, 1.807) is 6.92 Å². The summed E-state index contributed by atoms with van der Waals surface area (Å²) in [5.74, 6) is -0.954. The van der Waals surface area contributed by atoms with E-state index in [2.05, 4.69) is 5.32 Å². The van der Waals surface area contributed by atoms with Crippen molar-refractivity contribution in [2.24, 2.45) is 5.14 Å². The van der Waals surface area contributed by atoms with Gasteiger partial charge in [0, 0.05) is 11.3 Å². The molecule has 0 saturated heterocycles. The lowest BCUT2D eigenvalue weighted by Gasteiger charge is -2.07. The molecule has 0 aliphatic rings. The fourth-order valence-electron chi connectivity index (χ4n) is 1.67. The first-order valence-electron chi connectivity index (χ1n) is 5.98. The Bertz CT molecular complexity index is 786. The van der Waals surface area contributed by atoms with Crippen LogP contribution in [0.3, 0.4) is 0 Å². The van der Waals surface area contributed by atoms with Gasteiger partial charge in [-0.05, 0) is 48.9 Å². The highest BCUT2D eigenvalue weighted by Crippen LogP contribution is 2.15. The fourth-order valence-corrected chi connectivity index (χ4v) is 2.18. The summed E-state index contributed by atoms with van der Waals surface area (Å²) in [4.78, 5) is 11.9. The van der Waals surface area contributed by atoms with Crippen molar-refractivity contribution in [3.05, 3.63) is 59.4 Å². The summed E-state index contributed by atoms with van der Waals surface area (Å²) in [5.41, 5.74) is 1.01. The van der Waals surface area contributed by atoms with Crippen LogP contribution >= 0.6 is 0 Å². The Morgan fingerprint density at radius 3 is 2.29 bits per heavy atom. The van der Waals surface area contributed by atoms with Gasteiger partial charge in [0.15, 0.2) is 0 Å². The lowest BCUT2D eigenvalue weighted by molar-refractivity contribution is 0.102. The van der Waals surface area contributed by atoms with Gasteiger partial charge in [-0.2, -0.15) is 0 Å². The molecular weight excluding hydrogens is 295 g/mol. The second kappa shape index (κ2) is 5.63. The molecule has 0 aliphatic heterocycles. The number of rotatable bonds is 3. The number of halogens is 1. The minimum atomic E-state index is -3.77. The molecule has 0 bridgehead atoms. The standard InChI is InChI=1S/C14H13FN2O3S/c1-9-2-3-10(8-13(9)15)14(18)17-11-4-6-12(7-5-11)21(16,19)20/h2-8H,1H3,(H,17,18)(H2,16,19,20). The van der Waals surface area contributed by atoms with E-state index in [0.29, 0.717) is 11.3 Å². The summed E-state index contributed by atoms with van der Waals surface area (Å²) in [6, 6.07) is 9.52. The van der Waals surface area contributed by atoms with Gasteiger partial charge in [0.25, 0.3) is 5.91 Å². The smallest absolute Gasteiger partial charge is 0.255 e. The first-order valence-corrected chi connectivity index (χ1v) is 7.52. The molecule has 0 fully saturated rings. The lowest BCUT2D eigenvalue weighted by Crippen LogP contribution is -2.14. The molecule has 0 unspecified atom stereocenters. The summed E-state index contributed by atoms with van der Waals surface area (Å²) in [5, 5.41) is 7.52. The summed E-state index contributed by atoms with van der Waals surface area (Å²) in [6.45, 7) is 1.60. The van der Waals surface area contributed by atoms with Crippen molar-refractivity contribution in [1.29, 1.82) is 0 Å². The van der Waals surface area contributed by atoms with Crippen molar-refractivity contribution in [2.75, 3.05) is 5.32 Å². The predicted octanol–water partition coefficient (Wildman–Crippen LogP) is 2.03. The van der Waals surface area contributed by atoms with Crippen LogP contribution in [0.2, 0.25) is 0 Å². The molecule has 1 amide bonds. The Morgan fingerprint density at radius 2 is 1.76 bits per heavy atom. The van der Waals surface area contributed by atoms with E-state index in [-0.39, 0.29) is 10.5 Å². The van der Waals surface area contributed by atoms with Crippen molar-refractivity contribution >= 4 is 21.6 Å². The number of aryl methyl sites for hydroxylation is 1. The Labute approximate surface area is 121 Å². The average Bonchev–Trinajstić information content (AvgIpc) is 2.41. The zero-order chi connectivity index (χ0) is 15.6. The number of sulfonamides is 1. The van der Waals surface area contributed by atoms with Crippen LogP contribution in [0.4, 0.5) is 10.1 Å². The van der Waals surface area contributed by atoms with E-state index in [1.807, 2.05) is 0 Å². The maximum Gasteiger partial charge on any atom is 0.255 e. The zero-order valence-electron chi connectivity index (χ0n) is 11.1. The van der Waals surface area contributed by atoms with Crippen molar-refractivity contribution in [3.63, 3.8) is 0 Å². The molecule has 3 N–H and O–H groups in total. The van der Waals surface area contributed by atoms with Gasteiger partial charge in [-0.15, -0.1) is 0 Å². The molecule has 5 nitrogen and oxygen atoms in total.